The van der Waals surface area contributed by atoms with Gasteiger partial charge in [-0.05, 0) is 159 Å². The lowest BCUT2D eigenvalue weighted by Gasteiger charge is -2.36. The van der Waals surface area contributed by atoms with Crippen molar-refractivity contribution < 1.29 is 28.9 Å². The average Bonchev–Trinajstić information content (AvgIpc) is 1.23. The molecule has 4 aliphatic heterocycles. The van der Waals surface area contributed by atoms with Gasteiger partial charge in [-0.1, -0.05) is 94.9 Å². The lowest BCUT2D eigenvalue weighted by Crippen LogP contribution is -2.48. The molecule has 4 aliphatic rings. The number of halogens is 4. The Bertz CT molecular complexity index is 3940. The molecule has 0 spiro atoms. The van der Waals surface area contributed by atoms with Crippen molar-refractivity contribution in [3.8, 4) is 0 Å². The fraction of sp³-hybridized carbons (Fsp3) is 0.288. The zero-order valence-corrected chi connectivity index (χ0v) is 56.5. The molecule has 4 saturated heterocycles. The maximum atomic E-state index is 12.6. The third kappa shape index (κ3) is 18.2. The molecule has 4 heterocycles. The van der Waals surface area contributed by atoms with Crippen molar-refractivity contribution in [2.24, 2.45) is 0 Å². The van der Waals surface area contributed by atoms with Crippen LogP contribution in [0.4, 0.5) is 34.1 Å². The van der Waals surface area contributed by atoms with E-state index < -0.39 is 4.92 Å². The first-order valence-corrected chi connectivity index (χ1v) is 32.8. The van der Waals surface area contributed by atoms with E-state index in [1.165, 1.54) is 24.7 Å². The highest BCUT2D eigenvalue weighted by Gasteiger charge is 2.27. The van der Waals surface area contributed by atoms with Gasteiger partial charge in [-0.2, -0.15) is 0 Å². The fourth-order valence-electron chi connectivity index (χ4n) is 11.4. The van der Waals surface area contributed by atoms with Gasteiger partial charge in [0.1, 0.15) is 0 Å². The lowest BCUT2D eigenvalue weighted by atomic mass is 10.1. The van der Waals surface area contributed by atoms with Gasteiger partial charge in [0.15, 0.2) is 7.05 Å². The Labute approximate surface area is 569 Å². The van der Waals surface area contributed by atoms with Crippen LogP contribution in [0.25, 0.3) is 0 Å². The zero-order chi connectivity index (χ0) is 67.0. The molecule has 0 radical (unpaired) electrons. The van der Waals surface area contributed by atoms with Crippen molar-refractivity contribution in [2.45, 2.75) is 27.7 Å². The van der Waals surface area contributed by atoms with Crippen LogP contribution in [0, 0.1) is 42.7 Å². The summed E-state index contributed by atoms with van der Waals surface area (Å²) in [6, 6.07) is 56.0. The molecule has 0 saturated carbocycles. The summed E-state index contributed by atoms with van der Waals surface area (Å²) in [7, 11) is 1.47. The smallest absolute Gasteiger partial charge is 0.269 e. The molecule has 8 aromatic rings. The molecule has 488 valence electrons. The number of amides is 4. The highest BCUT2D eigenvalue weighted by Crippen LogP contribution is 2.28. The number of hydrogen-bond donors (Lipinski definition) is 0. The SMILES string of the molecule is C[N+](=O)c1ccc(N2CCN(C(=O)c3ccc(Cl)c(Cl)c3)CC2)cc1.Cc1ccc(C(=O)N2CCN(c3ccc(Cl)cc3)CC2)cc1C.Cc1ccc(N2CCN(C(=O)c3ccccc3)CC2)cc1Cl.Cc1ccccc1C(=O)N1CCN(c2ccc([N+](=O)[O-])cc2)CC1. The first-order valence-electron chi connectivity index (χ1n) is 31.3. The Kier molecular flexibility index (Phi) is 24.1. The average molecular weight is 1350 g/mol. The second-order valence-corrected chi connectivity index (χ2v) is 25.1. The van der Waals surface area contributed by atoms with Crippen LogP contribution in [-0.4, -0.2) is 165 Å². The van der Waals surface area contributed by atoms with E-state index in [0.29, 0.717) is 47.5 Å². The van der Waals surface area contributed by atoms with E-state index in [-0.39, 0.29) is 29.3 Å². The molecule has 21 heteroatoms. The Balaban J connectivity index is 0.000000148. The van der Waals surface area contributed by atoms with E-state index in [4.69, 9.17) is 46.4 Å². The number of non-ortho nitro benzene ring substituents is 1. The largest absolute Gasteiger partial charge is 0.368 e. The summed E-state index contributed by atoms with van der Waals surface area (Å²) in [6.45, 7) is 19.8. The number of hydrogen-bond acceptors (Lipinski definition) is 11. The maximum absolute atomic E-state index is 12.6. The van der Waals surface area contributed by atoms with Gasteiger partial charge >= 0.3 is 0 Å². The van der Waals surface area contributed by atoms with Crippen LogP contribution in [0.2, 0.25) is 20.1 Å². The van der Waals surface area contributed by atoms with Crippen LogP contribution in [0.1, 0.15) is 63.7 Å². The summed E-state index contributed by atoms with van der Waals surface area (Å²) in [5.74, 6) is 0.268. The number of nitroso groups, excluding NO2 is 1. The van der Waals surface area contributed by atoms with Crippen LogP contribution in [0.15, 0.2) is 182 Å². The molecule has 0 atom stereocenters. The molecule has 0 aromatic heterocycles. The molecule has 4 fully saturated rings. The molecule has 0 aliphatic carbocycles. The van der Waals surface area contributed by atoms with Crippen molar-refractivity contribution in [3.05, 3.63) is 262 Å². The van der Waals surface area contributed by atoms with Crippen molar-refractivity contribution in [1.29, 1.82) is 0 Å². The van der Waals surface area contributed by atoms with Gasteiger partial charge in [-0.3, -0.25) is 29.3 Å². The normalized spacial score (nSPS) is 14.7. The highest BCUT2D eigenvalue weighted by atomic mass is 35.5. The second kappa shape index (κ2) is 32.7. The summed E-state index contributed by atoms with van der Waals surface area (Å²) < 4.78 is 0.831. The molecule has 17 nitrogen and oxygen atoms in total. The molecule has 8 aromatic carbocycles. The number of nitro benzene ring substituents is 1. The summed E-state index contributed by atoms with van der Waals surface area (Å²) in [4.78, 5) is 88.3. The first kappa shape index (κ1) is 69.3. The minimum atomic E-state index is -0.400. The predicted molar refractivity (Wildman–Crippen MR) is 379 cm³/mol. The Morgan fingerprint density at radius 3 is 1.18 bits per heavy atom. The third-order valence-electron chi connectivity index (χ3n) is 17.3. The standard InChI is InChI=1S/C19H21ClN2O.C18H18Cl2N3O2.C18H19ClN2O.C18H19N3O3/c1-14-3-4-16(13-15(14)2)19(23)22-11-9-21(10-12-22)18-7-5-17(20)6-8-18;1-21(25)14-3-5-15(6-4-14)22-8-10-23(11-9-22)18(24)13-2-7-16(19)17(20)12-13;1-14-7-8-16(13-17(14)19)20-9-11-21(12-10-20)18(22)15-5-3-2-4-6-15;1-14-4-2-3-5-17(14)18(22)20-12-10-19(11-13-20)15-6-8-16(9-7-15)21(23)24/h3-8,13H,9-12H2,1-2H3;2-7,12H,8-11H2,1H3;2-8,13H,9-12H2,1H3;2-9H,10-13H2,1H3/q;+1;;. The number of piperazine rings is 4. The van der Waals surface area contributed by atoms with Crippen LogP contribution < -0.4 is 19.6 Å². The molecular formula is C73H77Cl4N10O7+. The van der Waals surface area contributed by atoms with Crippen LogP contribution in [0.3, 0.4) is 0 Å². The number of anilines is 4. The number of nitro groups is 1. The minimum Gasteiger partial charge on any atom is -0.368 e. The van der Waals surface area contributed by atoms with Crippen molar-refractivity contribution in [3.63, 3.8) is 0 Å². The molecule has 94 heavy (non-hydrogen) atoms. The van der Waals surface area contributed by atoms with Gasteiger partial charge < -0.3 is 39.2 Å². The first-order chi connectivity index (χ1) is 45.2. The molecule has 12 rings (SSSR count). The number of rotatable bonds is 10. The Morgan fingerprint density at radius 1 is 0.340 bits per heavy atom. The highest BCUT2D eigenvalue weighted by molar-refractivity contribution is 6.42. The molecule has 0 bridgehead atoms. The van der Waals surface area contributed by atoms with Crippen molar-refractivity contribution in [2.75, 3.05) is 131 Å². The topological polar surface area (TPSA) is 157 Å². The minimum absolute atomic E-state index is 0.0402. The van der Waals surface area contributed by atoms with Gasteiger partial charge in [0.2, 0.25) is 0 Å². The predicted octanol–water partition coefficient (Wildman–Crippen LogP) is 14.4. The van der Waals surface area contributed by atoms with Gasteiger partial charge in [0, 0.05) is 194 Å². The summed E-state index contributed by atoms with van der Waals surface area (Å²) in [5, 5.41) is 13.1. The van der Waals surface area contributed by atoms with Crippen molar-refractivity contribution in [1.82, 2.24) is 19.6 Å². The van der Waals surface area contributed by atoms with E-state index in [1.807, 2.05) is 162 Å². The molecular weight excluding hydrogens is 1270 g/mol. The van der Waals surface area contributed by atoms with E-state index in [9.17, 15) is 34.2 Å². The lowest BCUT2D eigenvalue weighted by molar-refractivity contribution is -0.428. The van der Waals surface area contributed by atoms with Gasteiger partial charge in [-0.15, -0.1) is 0 Å². The second-order valence-electron chi connectivity index (χ2n) is 23.4. The molecule has 0 unspecified atom stereocenters. The van der Waals surface area contributed by atoms with Gasteiger partial charge in [0.25, 0.3) is 35.0 Å². The van der Waals surface area contributed by atoms with E-state index in [2.05, 4.69) is 32.6 Å². The zero-order valence-electron chi connectivity index (χ0n) is 53.5. The number of carbonyl (C=O) groups is 4. The number of nitrogens with zero attached hydrogens (tertiary/aromatic N) is 10. The molecule has 4 amide bonds. The summed E-state index contributed by atoms with van der Waals surface area (Å²) in [6.07, 6.45) is 0. The van der Waals surface area contributed by atoms with E-state index >= 15 is 0 Å². The van der Waals surface area contributed by atoms with Crippen molar-refractivity contribution >= 4 is 104 Å². The number of carbonyl (C=O) groups excluding carboxylic acids is 4. The van der Waals surface area contributed by atoms with E-state index in [1.54, 1.807) is 42.5 Å². The summed E-state index contributed by atoms with van der Waals surface area (Å²) in [5.41, 5.74) is 12.3. The quantitative estimate of drug-likeness (QED) is 0.0729. The molecule has 0 N–H and O–H groups in total. The Hall–Kier alpha value is -9.00. The number of aryl methyl sites for hydroxylation is 4. The summed E-state index contributed by atoms with van der Waals surface area (Å²) >= 11 is 24.0. The third-order valence-corrected chi connectivity index (χ3v) is 18.7. The maximum Gasteiger partial charge on any atom is 0.269 e. The van der Waals surface area contributed by atoms with Gasteiger partial charge in [-0.25, -0.2) is 0 Å². The fourth-order valence-corrected chi connectivity index (χ4v) is 12.0. The monoisotopic (exact) mass is 1350 g/mol. The van der Waals surface area contributed by atoms with Crippen LogP contribution >= 0.6 is 46.4 Å². The van der Waals surface area contributed by atoms with E-state index in [0.717, 1.165) is 149 Å². The Morgan fingerprint density at radius 2 is 0.734 bits per heavy atom. The van der Waals surface area contributed by atoms with Gasteiger partial charge in [0.05, 0.1) is 15.0 Å². The number of benzene rings is 8. The van der Waals surface area contributed by atoms with Crippen LogP contribution in [0.5, 0.6) is 0 Å². The van der Waals surface area contributed by atoms with Crippen LogP contribution in [-0.2, 0) is 0 Å².